The van der Waals surface area contributed by atoms with Gasteiger partial charge in [-0.05, 0) is 47.2 Å². The van der Waals surface area contributed by atoms with Crippen molar-refractivity contribution in [3.63, 3.8) is 0 Å². The molecule has 0 radical (unpaired) electrons. The van der Waals surface area contributed by atoms with Gasteiger partial charge in [-0.15, -0.1) is 0 Å². The van der Waals surface area contributed by atoms with Crippen LogP contribution in [0.5, 0.6) is 5.75 Å². The number of hydrogen-bond acceptors (Lipinski definition) is 3. The highest BCUT2D eigenvalue weighted by atomic mass is 127. The molecule has 0 amide bonds. The van der Waals surface area contributed by atoms with Gasteiger partial charge in [-0.3, -0.25) is 0 Å². The van der Waals surface area contributed by atoms with Crippen LogP contribution >= 0.6 is 22.6 Å². The SMILES string of the molecule is Cc1ccc(S(=O)(=O)Oc2c(F)c(F)c(F)c(F)c2F)cc1I. The Kier molecular flexibility index (Phi) is 4.85. The van der Waals surface area contributed by atoms with Gasteiger partial charge in [0.15, 0.2) is 0 Å². The molecule has 0 fully saturated rings. The second kappa shape index (κ2) is 6.23. The quantitative estimate of drug-likeness (QED) is 0.226. The first kappa shape index (κ1) is 17.9. The van der Waals surface area contributed by atoms with Crippen molar-refractivity contribution in [2.75, 3.05) is 0 Å². The fraction of sp³-hybridized carbons (Fsp3) is 0.0769. The number of benzene rings is 2. The monoisotopic (exact) mass is 464 g/mol. The molecule has 0 unspecified atom stereocenters. The third-order valence-corrected chi connectivity index (χ3v) is 5.17. The summed E-state index contributed by atoms with van der Waals surface area (Å²) < 4.78 is 94.6. The van der Waals surface area contributed by atoms with Gasteiger partial charge in [-0.25, -0.2) is 13.2 Å². The zero-order valence-electron chi connectivity index (χ0n) is 11.1. The average molecular weight is 464 g/mol. The van der Waals surface area contributed by atoms with E-state index in [1.54, 1.807) is 6.92 Å². The van der Waals surface area contributed by atoms with Crippen LogP contribution in [0.2, 0.25) is 0 Å². The topological polar surface area (TPSA) is 43.4 Å². The van der Waals surface area contributed by atoms with E-state index < -0.39 is 49.8 Å². The highest BCUT2D eigenvalue weighted by molar-refractivity contribution is 14.1. The predicted molar refractivity (Wildman–Crippen MR) is 77.9 cm³/mol. The second-order valence-corrected chi connectivity index (χ2v) is 7.06. The Bertz CT molecular complexity index is 870. The summed E-state index contributed by atoms with van der Waals surface area (Å²) in [6.45, 7) is 1.68. The van der Waals surface area contributed by atoms with Crippen LogP contribution in [0, 0.1) is 39.6 Å². The molecule has 0 spiro atoms. The van der Waals surface area contributed by atoms with Crippen molar-refractivity contribution >= 4 is 32.7 Å². The molecule has 0 saturated heterocycles. The summed E-state index contributed by atoms with van der Waals surface area (Å²) in [7, 11) is -4.78. The van der Waals surface area contributed by atoms with Gasteiger partial charge in [0.2, 0.25) is 34.8 Å². The van der Waals surface area contributed by atoms with Crippen LogP contribution in [0.3, 0.4) is 0 Å². The average Bonchev–Trinajstić information content (AvgIpc) is 2.50. The molecule has 2 rings (SSSR count). The van der Waals surface area contributed by atoms with E-state index in [0.717, 1.165) is 17.7 Å². The van der Waals surface area contributed by atoms with Crippen LogP contribution in [0.15, 0.2) is 23.1 Å². The Morgan fingerprint density at radius 3 is 1.87 bits per heavy atom. The van der Waals surface area contributed by atoms with Crippen LogP contribution in [0.4, 0.5) is 22.0 Å². The van der Waals surface area contributed by atoms with Gasteiger partial charge in [0.25, 0.3) is 0 Å². The third-order valence-electron chi connectivity index (χ3n) is 2.79. The lowest BCUT2D eigenvalue weighted by Crippen LogP contribution is -2.14. The van der Waals surface area contributed by atoms with Crippen molar-refractivity contribution in [1.82, 2.24) is 0 Å². The van der Waals surface area contributed by atoms with Gasteiger partial charge >= 0.3 is 10.1 Å². The Balaban J connectivity index is 2.56. The second-order valence-electron chi connectivity index (χ2n) is 4.35. The third kappa shape index (κ3) is 3.27. The molecule has 0 bridgehead atoms. The molecule has 10 heteroatoms. The molecule has 0 saturated carbocycles. The molecular weight excluding hydrogens is 458 g/mol. The Hall–Kier alpha value is -1.43. The van der Waals surface area contributed by atoms with E-state index in [0.29, 0.717) is 3.57 Å². The maximum Gasteiger partial charge on any atom is 0.339 e. The molecule has 0 aliphatic heterocycles. The first-order valence-corrected chi connectivity index (χ1v) is 8.27. The molecule has 0 aliphatic rings. The van der Waals surface area contributed by atoms with E-state index >= 15 is 0 Å². The summed E-state index contributed by atoms with van der Waals surface area (Å²) in [6, 6.07) is 3.62. The minimum absolute atomic E-state index is 0.489. The van der Waals surface area contributed by atoms with Crippen molar-refractivity contribution in [2.45, 2.75) is 11.8 Å². The fourth-order valence-electron chi connectivity index (χ4n) is 1.54. The largest absolute Gasteiger partial charge is 0.372 e. The van der Waals surface area contributed by atoms with Gasteiger partial charge in [0.05, 0.1) is 0 Å². The van der Waals surface area contributed by atoms with Gasteiger partial charge in [0, 0.05) is 3.57 Å². The van der Waals surface area contributed by atoms with Crippen LogP contribution in [-0.4, -0.2) is 8.42 Å². The van der Waals surface area contributed by atoms with Crippen molar-refractivity contribution in [3.05, 3.63) is 56.4 Å². The molecule has 0 N–H and O–H groups in total. The Labute approximate surface area is 141 Å². The van der Waals surface area contributed by atoms with Gasteiger partial charge in [0.1, 0.15) is 4.90 Å². The summed E-state index contributed by atoms with van der Waals surface area (Å²) in [5.74, 6) is -13.6. The number of halogens is 6. The van der Waals surface area contributed by atoms with Crippen molar-refractivity contribution in [2.24, 2.45) is 0 Å². The molecule has 0 atom stereocenters. The van der Waals surface area contributed by atoms with Gasteiger partial charge in [-0.1, -0.05) is 6.07 Å². The van der Waals surface area contributed by atoms with E-state index in [9.17, 15) is 30.4 Å². The Morgan fingerprint density at radius 2 is 1.39 bits per heavy atom. The first-order valence-electron chi connectivity index (χ1n) is 5.78. The number of aryl methyl sites for hydroxylation is 1. The van der Waals surface area contributed by atoms with E-state index in [4.69, 9.17) is 0 Å². The molecule has 0 aromatic heterocycles. The highest BCUT2D eigenvalue weighted by Gasteiger charge is 2.31. The lowest BCUT2D eigenvalue weighted by molar-refractivity contribution is 0.346. The minimum Gasteiger partial charge on any atom is -0.372 e. The van der Waals surface area contributed by atoms with Crippen molar-refractivity contribution < 1.29 is 34.6 Å². The lowest BCUT2D eigenvalue weighted by Gasteiger charge is -2.11. The first-order chi connectivity index (χ1) is 10.6. The smallest absolute Gasteiger partial charge is 0.339 e. The van der Waals surface area contributed by atoms with Crippen LogP contribution in [-0.2, 0) is 10.1 Å². The van der Waals surface area contributed by atoms with Crippen molar-refractivity contribution in [3.8, 4) is 5.75 Å². The fourth-order valence-corrected chi connectivity index (χ4v) is 3.23. The van der Waals surface area contributed by atoms with Gasteiger partial charge < -0.3 is 4.18 Å². The predicted octanol–water partition coefficient (Wildman–Crippen LogP) is 4.06. The summed E-state index contributed by atoms with van der Waals surface area (Å²) in [5, 5.41) is 0. The summed E-state index contributed by atoms with van der Waals surface area (Å²) in [5.41, 5.74) is 0.723. The van der Waals surface area contributed by atoms with Crippen LogP contribution < -0.4 is 4.18 Å². The summed E-state index contributed by atoms with van der Waals surface area (Å²) >= 11 is 1.81. The zero-order valence-corrected chi connectivity index (χ0v) is 14.1. The molecule has 23 heavy (non-hydrogen) atoms. The Morgan fingerprint density at radius 1 is 0.913 bits per heavy atom. The molecule has 0 heterocycles. The number of rotatable bonds is 3. The molecule has 2 aromatic rings. The maximum absolute atomic E-state index is 13.5. The zero-order chi connectivity index (χ0) is 17.5. The standard InChI is InChI=1S/C13H6F5IO3S/c1-5-2-3-6(4-7(5)19)23(20,21)22-13-11(17)9(15)8(14)10(16)12(13)18/h2-4H,1H3. The summed E-state index contributed by atoms with van der Waals surface area (Å²) in [4.78, 5) is -0.489. The lowest BCUT2D eigenvalue weighted by atomic mass is 10.2. The molecule has 0 aliphatic carbocycles. The van der Waals surface area contributed by atoms with Crippen LogP contribution in [0.25, 0.3) is 0 Å². The van der Waals surface area contributed by atoms with E-state index in [1.165, 1.54) is 6.07 Å². The minimum atomic E-state index is -4.78. The highest BCUT2D eigenvalue weighted by Crippen LogP contribution is 2.31. The number of hydrogen-bond donors (Lipinski definition) is 0. The van der Waals surface area contributed by atoms with E-state index in [2.05, 4.69) is 4.18 Å². The maximum atomic E-state index is 13.5. The van der Waals surface area contributed by atoms with Crippen LogP contribution in [0.1, 0.15) is 5.56 Å². The van der Waals surface area contributed by atoms with Gasteiger partial charge in [-0.2, -0.15) is 17.2 Å². The molecule has 2 aromatic carbocycles. The molecule has 124 valence electrons. The van der Waals surface area contributed by atoms with E-state index in [-0.39, 0.29) is 0 Å². The summed E-state index contributed by atoms with van der Waals surface area (Å²) in [6.07, 6.45) is 0. The molecule has 3 nitrogen and oxygen atoms in total. The normalized spacial score (nSPS) is 11.6. The molecular formula is C13H6F5IO3S. The van der Waals surface area contributed by atoms with Crippen molar-refractivity contribution in [1.29, 1.82) is 0 Å². The van der Waals surface area contributed by atoms with E-state index in [1.807, 2.05) is 22.6 Å².